The Morgan fingerprint density at radius 1 is 1.05 bits per heavy atom. The van der Waals surface area contributed by atoms with Crippen molar-refractivity contribution in [3.63, 3.8) is 0 Å². The van der Waals surface area contributed by atoms with E-state index in [4.69, 9.17) is 0 Å². The maximum Gasteiger partial charge on any atom is 0.354 e. The Kier molecular flexibility index (Phi) is 3.42. The van der Waals surface area contributed by atoms with Gasteiger partial charge in [-0.1, -0.05) is 30.3 Å². The standard InChI is InChI=1S/C16H10F2N2O2/c17-11-6-7-14(12(18)8-11)20-15(16(21)22)9-13(19-20)10-4-2-1-3-5-10/h1-9H,(H,21,22). The third-order valence-electron chi connectivity index (χ3n) is 3.14. The van der Waals surface area contributed by atoms with E-state index in [2.05, 4.69) is 5.10 Å². The average molecular weight is 300 g/mol. The summed E-state index contributed by atoms with van der Waals surface area (Å²) in [6.45, 7) is 0. The van der Waals surface area contributed by atoms with Gasteiger partial charge in [-0.3, -0.25) is 0 Å². The van der Waals surface area contributed by atoms with Crippen LogP contribution in [0.5, 0.6) is 0 Å². The molecule has 0 aliphatic heterocycles. The molecule has 1 aromatic heterocycles. The van der Waals surface area contributed by atoms with Gasteiger partial charge in [-0.15, -0.1) is 0 Å². The molecule has 0 aliphatic carbocycles. The number of carbonyl (C=O) groups is 1. The lowest BCUT2D eigenvalue weighted by Gasteiger charge is -2.05. The molecule has 22 heavy (non-hydrogen) atoms. The molecule has 0 fully saturated rings. The number of carboxylic acids is 1. The van der Waals surface area contributed by atoms with Gasteiger partial charge in [0, 0.05) is 11.6 Å². The highest BCUT2D eigenvalue weighted by Crippen LogP contribution is 2.23. The van der Waals surface area contributed by atoms with Gasteiger partial charge in [0.15, 0.2) is 11.5 Å². The number of nitrogens with zero attached hydrogens (tertiary/aromatic N) is 2. The van der Waals surface area contributed by atoms with E-state index in [1.807, 2.05) is 6.07 Å². The quantitative estimate of drug-likeness (QED) is 0.805. The zero-order chi connectivity index (χ0) is 15.7. The molecule has 4 nitrogen and oxygen atoms in total. The summed E-state index contributed by atoms with van der Waals surface area (Å²) < 4.78 is 27.9. The van der Waals surface area contributed by atoms with Gasteiger partial charge in [0.05, 0.1) is 5.69 Å². The smallest absolute Gasteiger partial charge is 0.354 e. The second kappa shape index (κ2) is 5.40. The van der Waals surface area contributed by atoms with Crippen molar-refractivity contribution in [1.29, 1.82) is 0 Å². The Morgan fingerprint density at radius 3 is 2.41 bits per heavy atom. The third kappa shape index (κ3) is 2.46. The van der Waals surface area contributed by atoms with Crippen LogP contribution in [0, 0.1) is 11.6 Å². The largest absolute Gasteiger partial charge is 0.477 e. The molecule has 2 aromatic carbocycles. The Balaban J connectivity index is 2.18. The summed E-state index contributed by atoms with van der Waals surface area (Å²) in [5.41, 5.74) is 0.762. The van der Waals surface area contributed by atoms with Crippen molar-refractivity contribution in [2.75, 3.05) is 0 Å². The lowest BCUT2D eigenvalue weighted by Crippen LogP contribution is -2.09. The highest BCUT2D eigenvalue weighted by molar-refractivity contribution is 5.88. The van der Waals surface area contributed by atoms with Crippen molar-refractivity contribution >= 4 is 5.97 Å². The van der Waals surface area contributed by atoms with Crippen LogP contribution in [-0.4, -0.2) is 20.9 Å². The minimum atomic E-state index is -1.25. The SMILES string of the molecule is O=C(O)c1cc(-c2ccccc2)nn1-c1ccc(F)cc1F. The zero-order valence-corrected chi connectivity index (χ0v) is 11.2. The van der Waals surface area contributed by atoms with Crippen molar-refractivity contribution in [3.8, 4) is 16.9 Å². The third-order valence-corrected chi connectivity index (χ3v) is 3.14. The summed E-state index contributed by atoms with van der Waals surface area (Å²) in [5, 5.41) is 13.4. The Hall–Kier alpha value is -3.02. The highest BCUT2D eigenvalue weighted by Gasteiger charge is 2.19. The summed E-state index contributed by atoms with van der Waals surface area (Å²) in [7, 11) is 0. The maximum absolute atomic E-state index is 13.9. The van der Waals surface area contributed by atoms with Gasteiger partial charge in [0.1, 0.15) is 11.5 Å². The maximum atomic E-state index is 13.9. The minimum Gasteiger partial charge on any atom is -0.477 e. The normalized spacial score (nSPS) is 10.6. The van der Waals surface area contributed by atoms with Gasteiger partial charge >= 0.3 is 5.97 Å². The van der Waals surface area contributed by atoms with Crippen molar-refractivity contribution in [3.05, 3.63) is 71.9 Å². The Bertz CT molecular complexity index is 845. The lowest BCUT2D eigenvalue weighted by molar-refractivity contribution is 0.0687. The van der Waals surface area contributed by atoms with Crippen LogP contribution in [0.25, 0.3) is 16.9 Å². The summed E-state index contributed by atoms with van der Waals surface area (Å²) in [6, 6.07) is 13.1. The topological polar surface area (TPSA) is 55.1 Å². The average Bonchev–Trinajstić information content (AvgIpc) is 2.93. The molecule has 0 saturated carbocycles. The fraction of sp³-hybridized carbons (Fsp3) is 0. The van der Waals surface area contributed by atoms with E-state index in [-0.39, 0.29) is 11.4 Å². The minimum absolute atomic E-state index is 0.124. The van der Waals surface area contributed by atoms with E-state index >= 15 is 0 Å². The predicted octanol–water partition coefficient (Wildman–Crippen LogP) is 3.52. The van der Waals surface area contributed by atoms with Crippen LogP contribution in [0.15, 0.2) is 54.6 Å². The van der Waals surface area contributed by atoms with E-state index in [0.717, 1.165) is 16.8 Å². The molecule has 1 heterocycles. The number of aromatic carboxylic acids is 1. The molecule has 0 radical (unpaired) electrons. The zero-order valence-electron chi connectivity index (χ0n) is 11.2. The van der Waals surface area contributed by atoms with Crippen molar-refractivity contribution < 1.29 is 18.7 Å². The monoisotopic (exact) mass is 300 g/mol. The van der Waals surface area contributed by atoms with Crippen molar-refractivity contribution in [1.82, 2.24) is 9.78 Å². The number of halogens is 2. The Morgan fingerprint density at radius 2 is 1.77 bits per heavy atom. The van der Waals surface area contributed by atoms with Gasteiger partial charge in [-0.05, 0) is 18.2 Å². The van der Waals surface area contributed by atoms with Gasteiger partial charge in [-0.2, -0.15) is 5.10 Å². The molecule has 3 rings (SSSR count). The van der Waals surface area contributed by atoms with Crippen LogP contribution in [0.4, 0.5) is 8.78 Å². The van der Waals surface area contributed by atoms with Crippen LogP contribution < -0.4 is 0 Å². The van der Waals surface area contributed by atoms with Crippen LogP contribution in [0.3, 0.4) is 0 Å². The molecule has 0 unspecified atom stereocenters. The van der Waals surface area contributed by atoms with Crippen LogP contribution in [0.2, 0.25) is 0 Å². The molecule has 6 heteroatoms. The lowest BCUT2D eigenvalue weighted by atomic mass is 10.1. The van der Waals surface area contributed by atoms with Crippen LogP contribution in [0.1, 0.15) is 10.5 Å². The predicted molar refractivity (Wildman–Crippen MR) is 75.9 cm³/mol. The number of rotatable bonds is 3. The first-order valence-corrected chi connectivity index (χ1v) is 6.40. The van der Waals surface area contributed by atoms with Gasteiger partial charge < -0.3 is 5.11 Å². The second-order valence-electron chi connectivity index (χ2n) is 4.59. The molecule has 0 bridgehead atoms. The summed E-state index contributed by atoms with van der Waals surface area (Å²) in [6.07, 6.45) is 0. The molecule has 3 aromatic rings. The molecule has 110 valence electrons. The number of aromatic nitrogens is 2. The summed E-state index contributed by atoms with van der Waals surface area (Å²) >= 11 is 0. The van der Waals surface area contributed by atoms with Crippen molar-refractivity contribution in [2.45, 2.75) is 0 Å². The van der Waals surface area contributed by atoms with E-state index in [0.29, 0.717) is 17.3 Å². The summed E-state index contributed by atoms with van der Waals surface area (Å²) in [5.74, 6) is -2.88. The van der Waals surface area contributed by atoms with E-state index in [9.17, 15) is 18.7 Å². The van der Waals surface area contributed by atoms with Crippen LogP contribution in [-0.2, 0) is 0 Å². The number of hydrogen-bond donors (Lipinski definition) is 1. The second-order valence-corrected chi connectivity index (χ2v) is 4.59. The molecule has 0 amide bonds. The first-order valence-electron chi connectivity index (χ1n) is 6.40. The molecule has 1 N–H and O–H groups in total. The van der Waals surface area contributed by atoms with Gasteiger partial charge in [-0.25, -0.2) is 18.3 Å². The fourth-order valence-corrected chi connectivity index (χ4v) is 2.12. The van der Waals surface area contributed by atoms with Crippen LogP contribution >= 0.6 is 0 Å². The van der Waals surface area contributed by atoms with Gasteiger partial charge in [0.25, 0.3) is 0 Å². The highest BCUT2D eigenvalue weighted by atomic mass is 19.1. The molecule has 0 aliphatic rings. The Labute approximate surface area is 124 Å². The molecular weight excluding hydrogens is 290 g/mol. The van der Waals surface area contributed by atoms with E-state index in [1.165, 1.54) is 6.07 Å². The number of carboxylic acid groups (broad SMARTS) is 1. The first kappa shape index (κ1) is 13.9. The first-order chi connectivity index (χ1) is 10.6. The van der Waals surface area contributed by atoms with Crippen molar-refractivity contribution in [2.24, 2.45) is 0 Å². The molecule has 0 atom stereocenters. The van der Waals surface area contributed by atoms with E-state index < -0.39 is 17.6 Å². The molecular formula is C16H10F2N2O2. The summed E-state index contributed by atoms with van der Waals surface area (Å²) in [4.78, 5) is 11.4. The number of benzene rings is 2. The number of hydrogen-bond acceptors (Lipinski definition) is 2. The molecule has 0 spiro atoms. The van der Waals surface area contributed by atoms with E-state index in [1.54, 1.807) is 24.3 Å². The fourth-order valence-electron chi connectivity index (χ4n) is 2.12. The van der Waals surface area contributed by atoms with Gasteiger partial charge in [0.2, 0.25) is 0 Å². The molecule has 0 saturated heterocycles.